The van der Waals surface area contributed by atoms with E-state index in [1.165, 1.54) is 12.1 Å². The van der Waals surface area contributed by atoms with Gasteiger partial charge >= 0.3 is 6.09 Å². The van der Waals surface area contributed by atoms with Gasteiger partial charge in [0.1, 0.15) is 11.4 Å². The van der Waals surface area contributed by atoms with Gasteiger partial charge in [0.2, 0.25) is 0 Å². The summed E-state index contributed by atoms with van der Waals surface area (Å²) in [6, 6.07) is 5.87. The number of hydrogen-bond donors (Lipinski definition) is 1. The average Bonchev–Trinajstić information content (AvgIpc) is 2.59. The molecule has 0 saturated carbocycles. The fourth-order valence-electron chi connectivity index (χ4n) is 3.33. The number of pyridine rings is 1. The lowest BCUT2D eigenvalue weighted by Gasteiger charge is -2.33. The number of nitrogens with zero attached hydrogens (tertiary/aromatic N) is 2. The molecule has 1 aromatic heterocycles. The minimum Gasteiger partial charge on any atom is -0.444 e. The van der Waals surface area contributed by atoms with E-state index in [4.69, 9.17) is 10.5 Å². The van der Waals surface area contributed by atoms with Gasteiger partial charge in [-0.15, -0.1) is 0 Å². The van der Waals surface area contributed by atoms with Crippen LogP contribution in [0.2, 0.25) is 0 Å². The highest BCUT2D eigenvalue weighted by Crippen LogP contribution is 2.31. The molecule has 0 bridgehead atoms. The van der Waals surface area contributed by atoms with Gasteiger partial charge < -0.3 is 15.4 Å². The number of likely N-dealkylation sites (tertiary alicyclic amines) is 1. The Hall–Kier alpha value is -2.70. The predicted molar refractivity (Wildman–Crippen MR) is 100 cm³/mol. The number of amides is 2. The van der Waals surface area contributed by atoms with Crippen molar-refractivity contribution in [3.63, 3.8) is 0 Å². The van der Waals surface area contributed by atoms with Crippen LogP contribution in [0.1, 0.15) is 55.6 Å². The van der Waals surface area contributed by atoms with Gasteiger partial charge in [0, 0.05) is 24.4 Å². The first-order chi connectivity index (χ1) is 12.6. The molecule has 1 saturated heterocycles. The number of halogens is 1. The zero-order chi connectivity index (χ0) is 19.8. The van der Waals surface area contributed by atoms with Crippen LogP contribution in [0.3, 0.4) is 0 Å². The van der Waals surface area contributed by atoms with Crippen molar-refractivity contribution in [3.05, 3.63) is 41.3 Å². The first-order valence-corrected chi connectivity index (χ1v) is 9.02. The lowest BCUT2D eigenvalue weighted by Crippen LogP contribution is -2.41. The predicted octanol–water partition coefficient (Wildman–Crippen LogP) is 3.59. The fraction of sp³-hybridized carbons (Fsp3) is 0.450. The summed E-state index contributed by atoms with van der Waals surface area (Å²) in [6.45, 7) is 6.53. The van der Waals surface area contributed by atoms with Gasteiger partial charge in [0.05, 0.1) is 16.8 Å². The number of aromatic nitrogens is 1. The second-order valence-electron chi connectivity index (χ2n) is 7.86. The fourth-order valence-corrected chi connectivity index (χ4v) is 3.33. The third kappa shape index (κ3) is 4.35. The molecular weight excluding hydrogens is 349 g/mol. The van der Waals surface area contributed by atoms with Crippen molar-refractivity contribution in [1.82, 2.24) is 9.88 Å². The molecule has 2 aromatic rings. The van der Waals surface area contributed by atoms with Crippen LogP contribution < -0.4 is 5.73 Å². The summed E-state index contributed by atoms with van der Waals surface area (Å²) in [5.74, 6) is -0.975. The molecule has 6 nitrogen and oxygen atoms in total. The van der Waals surface area contributed by atoms with Gasteiger partial charge in [-0.05, 0) is 57.9 Å². The van der Waals surface area contributed by atoms with Gasteiger partial charge in [-0.2, -0.15) is 0 Å². The van der Waals surface area contributed by atoms with Gasteiger partial charge in [-0.3, -0.25) is 9.78 Å². The molecular formula is C20H24FN3O3. The van der Waals surface area contributed by atoms with E-state index >= 15 is 0 Å². The Labute approximate surface area is 157 Å². The van der Waals surface area contributed by atoms with E-state index < -0.39 is 17.3 Å². The van der Waals surface area contributed by atoms with Gasteiger partial charge in [0.15, 0.2) is 0 Å². The van der Waals surface area contributed by atoms with Crippen molar-refractivity contribution in [1.29, 1.82) is 0 Å². The molecule has 0 unspecified atom stereocenters. The van der Waals surface area contributed by atoms with Crippen LogP contribution in [0.15, 0.2) is 24.3 Å². The number of rotatable bonds is 2. The van der Waals surface area contributed by atoms with Crippen LogP contribution in [-0.2, 0) is 4.74 Å². The Morgan fingerprint density at radius 3 is 2.48 bits per heavy atom. The third-order valence-corrected chi connectivity index (χ3v) is 4.61. The molecule has 0 spiro atoms. The third-order valence-electron chi connectivity index (χ3n) is 4.61. The number of primary amides is 1. The maximum Gasteiger partial charge on any atom is 0.410 e. The Morgan fingerprint density at radius 1 is 1.22 bits per heavy atom. The van der Waals surface area contributed by atoms with E-state index in [9.17, 15) is 14.0 Å². The van der Waals surface area contributed by atoms with E-state index in [1.807, 2.05) is 20.8 Å². The molecule has 2 heterocycles. The van der Waals surface area contributed by atoms with Crippen molar-refractivity contribution in [2.45, 2.75) is 45.1 Å². The van der Waals surface area contributed by atoms with Crippen molar-refractivity contribution in [2.24, 2.45) is 5.73 Å². The lowest BCUT2D eigenvalue weighted by atomic mass is 9.89. The monoisotopic (exact) mass is 373 g/mol. The first kappa shape index (κ1) is 19.1. The van der Waals surface area contributed by atoms with Gasteiger partial charge in [-0.25, -0.2) is 9.18 Å². The molecule has 2 N–H and O–H groups in total. The van der Waals surface area contributed by atoms with E-state index in [-0.39, 0.29) is 12.0 Å². The number of ether oxygens (including phenoxy) is 1. The number of nitrogens with two attached hydrogens (primary N) is 1. The summed E-state index contributed by atoms with van der Waals surface area (Å²) in [7, 11) is 0. The van der Waals surface area contributed by atoms with Crippen molar-refractivity contribution < 1.29 is 18.7 Å². The number of benzene rings is 1. The molecule has 144 valence electrons. The molecule has 1 fully saturated rings. The highest BCUT2D eigenvalue weighted by molar-refractivity contribution is 5.97. The minimum absolute atomic E-state index is 0.000592. The largest absolute Gasteiger partial charge is 0.444 e. The Kier molecular flexibility index (Phi) is 5.04. The maximum absolute atomic E-state index is 13.5. The van der Waals surface area contributed by atoms with E-state index in [0.717, 1.165) is 0 Å². The van der Waals surface area contributed by atoms with Crippen LogP contribution in [0.25, 0.3) is 10.9 Å². The van der Waals surface area contributed by atoms with E-state index in [2.05, 4.69) is 4.98 Å². The summed E-state index contributed by atoms with van der Waals surface area (Å²) in [6.07, 6.45) is 0.969. The molecule has 3 rings (SSSR count). The highest BCUT2D eigenvalue weighted by Gasteiger charge is 2.30. The Bertz CT molecular complexity index is 884. The van der Waals surface area contributed by atoms with Crippen LogP contribution in [0.5, 0.6) is 0 Å². The van der Waals surface area contributed by atoms with Crippen molar-refractivity contribution in [2.75, 3.05) is 13.1 Å². The van der Waals surface area contributed by atoms with Crippen LogP contribution in [0.4, 0.5) is 9.18 Å². The zero-order valence-corrected chi connectivity index (χ0v) is 15.8. The summed E-state index contributed by atoms with van der Waals surface area (Å²) in [4.78, 5) is 30.4. The normalized spacial score (nSPS) is 15.8. The first-order valence-electron chi connectivity index (χ1n) is 9.02. The van der Waals surface area contributed by atoms with Crippen LogP contribution in [0, 0.1) is 5.82 Å². The summed E-state index contributed by atoms with van der Waals surface area (Å²) >= 11 is 0. The number of carbonyl (C=O) groups is 2. The summed E-state index contributed by atoms with van der Waals surface area (Å²) in [5, 5.41) is 0.541. The Balaban J connectivity index is 1.82. The minimum atomic E-state index is -0.585. The molecule has 27 heavy (non-hydrogen) atoms. The second kappa shape index (κ2) is 7.13. The smallest absolute Gasteiger partial charge is 0.410 e. The van der Waals surface area contributed by atoms with Crippen LogP contribution in [-0.4, -0.2) is 40.6 Å². The van der Waals surface area contributed by atoms with E-state index in [1.54, 1.807) is 17.0 Å². The molecule has 1 aliphatic heterocycles. The van der Waals surface area contributed by atoms with Crippen molar-refractivity contribution >= 4 is 22.9 Å². The summed E-state index contributed by atoms with van der Waals surface area (Å²) in [5.41, 5.74) is 6.54. The topological polar surface area (TPSA) is 85.5 Å². The standard InChI is InChI=1S/C20H24FN3O3/c1-20(2,3)27-19(26)24-8-6-12(7-9-24)17-15(18(22)25)11-13-10-14(21)4-5-16(13)23-17/h4-5,10-12H,6-9H2,1-3H3,(H2,22,25). The second-order valence-corrected chi connectivity index (χ2v) is 7.86. The number of hydrogen-bond acceptors (Lipinski definition) is 4. The summed E-state index contributed by atoms with van der Waals surface area (Å²) < 4.78 is 18.9. The lowest BCUT2D eigenvalue weighted by molar-refractivity contribution is 0.0203. The quantitative estimate of drug-likeness (QED) is 0.872. The highest BCUT2D eigenvalue weighted by atomic mass is 19.1. The number of carbonyl (C=O) groups excluding carboxylic acids is 2. The van der Waals surface area contributed by atoms with E-state index in [0.29, 0.717) is 48.1 Å². The van der Waals surface area contributed by atoms with Gasteiger partial charge in [-0.1, -0.05) is 0 Å². The Morgan fingerprint density at radius 2 is 1.89 bits per heavy atom. The maximum atomic E-state index is 13.5. The SMILES string of the molecule is CC(C)(C)OC(=O)N1CCC(c2nc3ccc(F)cc3cc2C(N)=O)CC1. The molecule has 0 atom stereocenters. The molecule has 1 aromatic carbocycles. The van der Waals surface area contributed by atoms with Gasteiger partial charge in [0.25, 0.3) is 5.91 Å². The molecule has 0 radical (unpaired) electrons. The molecule has 1 aliphatic rings. The van der Waals surface area contributed by atoms with Crippen molar-refractivity contribution in [3.8, 4) is 0 Å². The average molecular weight is 373 g/mol. The zero-order valence-electron chi connectivity index (χ0n) is 15.8. The molecule has 7 heteroatoms. The number of fused-ring (bicyclic) bond motifs is 1. The molecule has 0 aliphatic carbocycles. The number of piperidine rings is 1. The van der Waals surface area contributed by atoms with Crippen LogP contribution >= 0.6 is 0 Å². The molecule has 2 amide bonds.